The maximum absolute atomic E-state index is 12.7. The number of hydrogen-bond donors (Lipinski definition) is 2. The van der Waals surface area contributed by atoms with Gasteiger partial charge >= 0.3 is 0 Å². The molecule has 0 bridgehead atoms. The Balaban J connectivity index is 1.44. The van der Waals surface area contributed by atoms with Gasteiger partial charge in [-0.3, -0.25) is 9.59 Å². The van der Waals surface area contributed by atoms with Crippen LogP contribution < -0.4 is 10.6 Å². The second-order valence-corrected chi connectivity index (χ2v) is 7.64. The van der Waals surface area contributed by atoms with E-state index in [1.807, 2.05) is 13.8 Å². The number of amides is 2. The molecular formula is C21H25N5O3. The quantitative estimate of drug-likeness (QED) is 0.668. The molecule has 0 radical (unpaired) electrons. The van der Waals surface area contributed by atoms with Gasteiger partial charge in [-0.15, -0.1) is 0 Å². The van der Waals surface area contributed by atoms with Crippen LogP contribution in [0.3, 0.4) is 0 Å². The number of aryl methyl sites for hydroxylation is 2. The first-order valence-corrected chi connectivity index (χ1v) is 9.98. The van der Waals surface area contributed by atoms with Gasteiger partial charge in [0.05, 0.1) is 0 Å². The Morgan fingerprint density at radius 3 is 2.72 bits per heavy atom. The predicted molar refractivity (Wildman–Crippen MR) is 107 cm³/mol. The molecule has 2 amide bonds. The Labute approximate surface area is 168 Å². The maximum atomic E-state index is 12.7. The van der Waals surface area contributed by atoms with Crippen LogP contribution in [0.25, 0.3) is 5.65 Å². The maximum Gasteiger partial charge on any atom is 0.287 e. The molecule has 1 atom stereocenters. The molecule has 3 aromatic rings. The van der Waals surface area contributed by atoms with Crippen LogP contribution >= 0.6 is 0 Å². The van der Waals surface area contributed by atoms with Gasteiger partial charge < -0.3 is 15.1 Å². The highest BCUT2D eigenvalue weighted by molar-refractivity contribution is 5.94. The van der Waals surface area contributed by atoms with Crippen LogP contribution in [0, 0.1) is 19.8 Å². The summed E-state index contributed by atoms with van der Waals surface area (Å²) in [7, 11) is 0. The summed E-state index contributed by atoms with van der Waals surface area (Å²) in [5.74, 6) is 0.850. The van der Waals surface area contributed by atoms with Crippen LogP contribution in [0.15, 0.2) is 35.0 Å². The monoisotopic (exact) mass is 395 g/mol. The minimum Gasteiger partial charge on any atom is -0.456 e. The highest BCUT2D eigenvalue weighted by Gasteiger charge is 2.28. The molecule has 0 saturated heterocycles. The van der Waals surface area contributed by atoms with Crippen molar-refractivity contribution < 1.29 is 14.0 Å². The third kappa shape index (κ3) is 4.16. The lowest BCUT2D eigenvalue weighted by atomic mass is 9.97. The van der Waals surface area contributed by atoms with Crippen molar-refractivity contribution in [3.05, 3.63) is 53.4 Å². The molecule has 3 aromatic heterocycles. The number of aromatic nitrogens is 3. The van der Waals surface area contributed by atoms with Gasteiger partial charge in [-0.2, -0.15) is 5.10 Å². The van der Waals surface area contributed by atoms with E-state index in [1.54, 1.807) is 35.1 Å². The molecule has 152 valence electrons. The van der Waals surface area contributed by atoms with Gasteiger partial charge in [-0.05, 0) is 50.3 Å². The third-order valence-corrected chi connectivity index (χ3v) is 5.63. The predicted octanol–water partition coefficient (Wildman–Crippen LogP) is 2.66. The fraction of sp³-hybridized carbons (Fsp3) is 0.429. The SMILES string of the molecule is Cc1cc(C(=O)NC(CNC(=O)c2cc3ncccn3n2)C2CCCC2)oc1C. The molecule has 1 fully saturated rings. The second-order valence-electron chi connectivity index (χ2n) is 7.64. The largest absolute Gasteiger partial charge is 0.456 e. The van der Waals surface area contributed by atoms with E-state index < -0.39 is 0 Å². The Bertz CT molecular complexity index is 980. The molecule has 1 saturated carbocycles. The summed E-state index contributed by atoms with van der Waals surface area (Å²) in [6.45, 7) is 4.09. The number of hydrogen-bond acceptors (Lipinski definition) is 5. The summed E-state index contributed by atoms with van der Waals surface area (Å²) >= 11 is 0. The van der Waals surface area contributed by atoms with Crippen LogP contribution in [0.5, 0.6) is 0 Å². The lowest BCUT2D eigenvalue weighted by Gasteiger charge is -2.24. The normalized spacial score (nSPS) is 15.5. The van der Waals surface area contributed by atoms with Crippen molar-refractivity contribution in [2.75, 3.05) is 6.54 Å². The molecule has 1 aliphatic carbocycles. The molecule has 8 nitrogen and oxygen atoms in total. The fourth-order valence-corrected chi connectivity index (χ4v) is 3.85. The molecule has 0 aromatic carbocycles. The van der Waals surface area contributed by atoms with E-state index in [-0.39, 0.29) is 17.9 Å². The Morgan fingerprint density at radius 2 is 2.03 bits per heavy atom. The summed E-state index contributed by atoms with van der Waals surface area (Å²) in [6, 6.07) is 4.99. The van der Waals surface area contributed by atoms with Gasteiger partial charge in [-0.1, -0.05) is 12.8 Å². The van der Waals surface area contributed by atoms with Crippen LogP contribution in [0.4, 0.5) is 0 Å². The minimum atomic E-state index is -0.280. The molecule has 1 unspecified atom stereocenters. The number of furan rings is 1. The average Bonchev–Trinajstić information content (AvgIpc) is 3.45. The lowest BCUT2D eigenvalue weighted by molar-refractivity contribution is 0.0870. The average molecular weight is 395 g/mol. The zero-order chi connectivity index (χ0) is 20.4. The topological polar surface area (TPSA) is 102 Å². The molecule has 29 heavy (non-hydrogen) atoms. The molecule has 2 N–H and O–H groups in total. The van der Waals surface area contributed by atoms with E-state index in [0.717, 1.165) is 37.0 Å². The van der Waals surface area contributed by atoms with Crippen LogP contribution in [-0.4, -0.2) is 39.0 Å². The molecule has 3 heterocycles. The molecule has 8 heteroatoms. The zero-order valence-corrected chi connectivity index (χ0v) is 16.6. The van der Waals surface area contributed by atoms with Crippen molar-refractivity contribution in [2.24, 2.45) is 5.92 Å². The number of nitrogens with one attached hydrogen (secondary N) is 2. The van der Waals surface area contributed by atoms with E-state index in [4.69, 9.17) is 4.42 Å². The molecule has 0 spiro atoms. The number of carbonyl (C=O) groups excluding carboxylic acids is 2. The Morgan fingerprint density at radius 1 is 1.24 bits per heavy atom. The summed E-state index contributed by atoms with van der Waals surface area (Å²) in [5, 5.41) is 10.2. The number of carbonyl (C=O) groups is 2. The van der Waals surface area contributed by atoms with Crippen molar-refractivity contribution in [3.63, 3.8) is 0 Å². The summed E-state index contributed by atoms with van der Waals surface area (Å²) < 4.78 is 7.11. The second kappa shape index (κ2) is 8.06. The first kappa shape index (κ1) is 19.2. The Kier molecular flexibility index (Phi) is 5.33. The van der Waals surface area contributed by atoms with E-state index in [1.165, 1.54) is 0 Å². The summed E-state index contributed by atoms with van der Waals surface area (Å²) in [6.07, 6.45) is 7.76. The molecule has 1 aliphatic rings. The van der Waals surface area contributed by atoms with Gasteiger partial charge in [0, 0.05) is 31.0 Å². The minimum absolute atomic E-state index is 0.158. The number of fused-ring (bicyclic) bond motifs is 1. The van der Waals surface area contributed by atoms with Crippen molar-refractivity contribution in [1.29, 1.82) is 0 Å². The van der Waals surface area contributed by atoms with Crippen LogP contribution in [-0.2, 0) is 0 Å². The first-order chi connectivity index (χ1) is 14.0. The van der Waals surface area contributed by atoms with Crippen LogP contribution in [0.1, 0.15) is 58.1 Å². The van der Waals surface area contributed by atoms with Crippen LogP contribution in [0.2, 0.25) is 0 Å². The smallest absolute Gasteiger partial charge is 0.287 e. The molecule has 4 rings (SSSR count). The van der Waals surface area contributed by atoms with E-state index >= 15 is 0 Å². The van der Waals surface area contributed by atoms with E-state index in [9.17, 15) is 9.59 Å². The van der Waals surface area contributed by atoms with Crippen molar-refractivity contribution >= 4 is 17.5 Å². The summed E-state index contributed by atoms with van der Waals surface area (Å²) in [4.78, 5) is 29.4. The molecule has 0 aliphatic heterocycles. The van der Waals surface area contributed by atoms with Gasteiger partial charge in [-0.25, -0.2) is 9.50 Å². The Hall–Kier alpha value is -3.16. The molecular weight excluding hydrogens is 370 g/mol. The standard InChI is InChI=1S/C21H25N5O3/c1-13-10-18(29-14(13)2)21(28)24-17(15-6-3-4-7-15)12-23-20(27)16-11-19-22-8-5-9-26(19)25-16/h5,8-11,15,17H,3-4,6-7,12H2,1-2H3,(H,23,27)(H,24,28). The van der Waals surface area contributed by atoms with Gasteiger partial charge in [0.2, 0.25) is 0 Å². The fourth-order valence-electron chi connectivity index (χ4n) is 3.85. The number of nitrogens with zero attached hydrogens (tertiary/aromatic N) is 3. The van der Waals surface area contributed by atoms with Gasteiger partial charge in [0.15, 0.2) is 17.1 Å². The van der Waals surface area contributed by atoms with Crippen molar-refractivity contribution in [1.82, 2.24) is 25.2 Å². The number of rotatable bonds is 6. The van der Waals surface area contributed by atoms with Crippen molar-refractivity contribution in [3.8, 4) is 0 Å². The van der Waals surface area contributed by atoms with E-state index in [0.29, 0.717) is 29.6 Å². The summed E-state index contributed by atoms with van der Waals surface area (Å²) in [5.41, 5.74) is 1.86. The third-order valence-electron chi connectivity index (χ3n) is 5.63. The van der Waals surface area contributed by atoms with E-state index in [2.05, 4.69) is 20.7 Å². The lowest BCUT2D eigenvalue weighted by Crippen LogP contribution is -2.47. The highest BCUT2D eigenvalue weighted by atomic mass is 16.3. The zero-order valence-electron chi connectivity index (χ0n) is 16.6. The van der Waals surface area contributed by atoms with Gasteiger partial charge in [0.1, 0.15) is 5.76 Å². The highest BCUT2D eigenvalue weighted by Crippen LogP contribution is 2.28. The van der Waals surface area contributed by atoms with Gasteiger partial charge in [0.25, 0.3) is 11.8 Å². The van der Waals surface area contributed by atoms with Crippen molar-refractivity contribution in [2.45, 2.75) is 45.6 Å². The first-order valence-electron chi connectivity index (χ1n) is 9.98.